The summed E-state index contributed by atoms with van der Waals surface area (Å²) in [4.78, 5) is 26.1. The van der Waals surface area contributed by atoms with Crippen LogP contribution in [0.1, 0.15) is 12.0 Å². The molecule has 0 aromatic heterocycles. The Morgan fingerprint density at radius 1 is 1.19 bits per heavy atom. The lowest BCUT2D eigenvalue weighted by molar-refractivity contribution is -0.129. The Bertz CT molecular complexity index is 568. The minimum Gasteiger partial charge on any atom is -0.497 e. The molecule has 0 aliphatic carbocycles. The van der Waals surface area contributed by atoms with Crippen LogP contribution in [-0.2, 0) is 20.9 Å². The van der Waals surface area contributed by atoms with Gasteiger partial charge in [-0.05, 0) is 17.7 Å². The Hall–Kier alpha value is -1.83. The number of nitrogens with one attached hydrogen (secondary N) is 2. The normalized spacial score (nSPS) is 16.3. The summed E-state index contributed by atoms with van der Waals surface area (Å²) in [6.45, 7) is 3.62. The van der Waals surface area contributed by atoms with Gasteiger partial charge in [-0.2, -0.15) is 0 Å². The third-order valence-electron chi connectivity index (χ3n) is 4.20. The molecule has 1 heterocycles. The van der Waals surface area contributed by atoms with Crippen molar-refractivity contribution in [3.63, 3.8) is 0 Å². The lowest BCUT2D eigenvalue weighted by Crippen LogP contribution is -2.37. The highest BCUT2D eigenvalue weighted by atomic mass is 35.5. The molecule has 1 fully saturated rings. The molecule has 1 aromatic rings. The first-order chi connectivity index (χ1) is 12.1. The van der Waals surface area contributed by atoms with E-state index in [-0.39, 0.29) is 36.6 Å². The first-order valence-electron chi connectivity index (χ1n) is 8.52. The van der Waals surface area contributed by atoms with Crippen LogP contribution in [0.5, 0.6) is 5.75 Å². The van der Waals surface area contributed by atoms with Gasteiger partial charge in [-0.1, -0.05) is 12.1 Å². The van der Waals surface area contributed by atoms with E-state index in [0.717, 1.165) is 17.9 Å². The van der Waals surface area contributed by atoms with Crippen LogP contribution in [0.4, 0.5) is 0 Å². The maximum atomic E-state index is 12.2. The van der Waals surface area contributed by atoms with Gasteiger partial charge < -0.3 is 25.0 Å². The van der Waals surface area contributed by atoms with Crippen molar-refractivity contribution in [3.8, 4) is 5.75 Å². The molecule has 26 heavy (non-hydrogen) atoms. The van der Waals surface area contributed by atoms with Crippen LogP contribution in [0.3, 0.4) is 0 Å². The van der Waals surface area contributed by atoms with E-state index in [1.54, 1.807) is 19.1 Å². The second-order valence-corrected chi connectivity index (χ2v) is 6.06. The molecule has 1 aromatic carbocycles. The van der Waals surface area contributed by atoms with Crippen LogP contribution < -0.4 is 15.4 Å². The number of nitrogens with zero attached hydrogens (tertiary/aromatic N) is 1. The summed E-state index contributed by atoms with van der Waals surface area (Å²) < 4.78 is 10.1. The quantitative estimate of drug-likeness (QED) is 0.583. The molecule has 1 unspecified atom stereocenters. The molecule has 1 aliphatic heterocycles. The van der Waals surface area contributed by atoms with E-state index < -0.39 is 0 Å². The van der Waals surface area contributed by atoms with E-state index >= 15 is 0 Å². The highest BCUT2D eigenvalue weighted by Crippen LogP contribution is 2.21. The summed E-state index contributed by atoms with van der Waals surface area (Å²) in [6.07, 6.45) is 0.277. The highest BCUT2D eigenvalue weighted by Gasteiger charge is 2.33. The summed E-state index contributed by atoms with van der Waals surface area (Å²) >= 11 is 0. The molecule has 0 radical (unpaired) electrons. The van der Waals surface area contributed by atoms with Crippen molar-refractivity contribution in [3.05, 3.63) is 29.8 Å². The summed E-state index contributed by atoms with van der Waals surface area (Å²) in [5.41, 5.74) is 1.03. The Balaban J connectivity index is 0.00000338. The predicted octanol–water partition coefficient (Wildman–Crippen LogP) is 0.818. The van der Waals surface area contributed by atoms with Crippen molar-refractivity contribution in [2.75, 3.05) is 47.0 Å². The van der Waals surface area contributed by atoms with Crippen LogP contribution in [0.25, 0.3) is 0 Å². The SMILES string of the molecule is COCCNCCNC(=O)C1CC(=O)N(Cc2ccc(OC)cc2)C1.Cl. The van der Waals surface area contributed by atoms with E-state index in [4.69, 9.17) is 9.47 Å². The largest absolute Gasteiger partial charge is 0.497 e. The number of amides is 2. The summed E-state index contributed by atoms with van der Waals surface area (Å²) in [7, 11) is 3.27. The Morgan fingerprint density at radius 2 is 1.92 bits per heavy atom. The second kappa shape index (κ2) is 11.7. The van der Waals surface area contributed by atoms with Gasteiger partial charge >= 0.3 is 0 Å². The van der Waals surface area contributed by atoms with E-state index in [1.165, 1.54) is 0 Å². The zero-order valence-electron chi connectivity index (χ0n) is 15.3. The molecule has 1 saturated heterocycles. The molecule has 1 atom stereocenters. The Morgan fingerprint density at radius 3 is 2.58 bits per heavy atom. The average molecular weight is 386 g/mol. The third-order valence-corrected chi connectivity index (χ3v) is 4.20. The van der Waals surface area contributed by atoms with Crippen LogP contribution in [-0.4, -0.2) is 63.7 Å². The number of benzene rings is 1. The van der Waals surface area contributed by atoms with Gasteiger partial charge in [-0.3, -0.25) is 9.59 Å². The topological polar surface area (TPSA) is 79.9 Å². The smallest absolute Gasteiger partial charge is 0.225 e. The molecule has 8 heteroatoms. The molecule has 0 saturated carbocycles. The van der Waals surface area contributed by atoms with Gasteiger partial charge in [-0.15, -0.1) is 12.4 Å². The number of carbonyl (C=O) groups excluding carboxylic acids is 2. The fourth-order valence-corrected chi connectivity index (χ4v) is 2.77. The van der Waals surface area contributed by atoms with Crippen LogP contribution in [0.2, 0.25) is 0 Å². The Kier molecular flexibility index (Phi) is 10.0. The third kappa shape index (κ3) is 6.82. The minimum atomic E-state index is -0.273. The van der Waals surface area contributed by atoms with Crippen LogP contribution in [0.15, 0.2) is 24.3 Å². The molecule has 0 bridgehead atoms. The number of methoxy groups -OCH3 is 2. The zero-order chi connectivity index (χ0) is 18.1. The van der Waals surface area contributed by atoms with Crippen molar-refractivity contribution in [2.24, 2.45) is 5.92 Å². The summed E-state index contributed by atoms with van der Waals surface area (Å²) in [6, 6.07) is 7.61. The highest BCUT2D eigenvalue weighted by molar-refractivity contribution is 5.89. The van der Waals surface area contributed by atoms with Crippen molar-refractivity contribution < 1.29 is 19.1 Å². The minimum absolute atomic E-state index is 0. The van der Waals surface area contributed by atoms with Crippen molar-refractivity contribution in [1.29, 1.82) is 0 Å². The molecule has 2 rings (SSSR count). The lowest BCUT2D eigenvalue weighted by Gasteiger charge is -2.17. The average Bonchev–Trinajstić information content (AvgIpc) is 2.99. The number of hydrogen-bond donors (Lipinski definition) is 2. The van der Waals surface area contributed by atoms with Gasteiger partial charge in [0.15, 0.2) is 0 Å². The zero-order valence-corrected chi connectivity index (χ0v) is 16.1. The number of halogens is 1. The number of carbonyl (C=O) groups is 2. The molecule has 2 N–H and O–H groups in total. The van der Waals surface area contributed by atoms with E-state index in [2.05, 4.69) is 10.6 Å². The van der Waals surface area contributed by atoms with Crippen molar-refractivity contribution in [1.82, 2.24) is 15.5 Å². The molecule has 2 amide bonds. The van der Waals surface area contributed by atoms with E-state index in [1.807, 2.05) is 24.3 Å². The Labute approximate surface area is 160 Å². The first kappa shape index (κ1) is 22.2. The number of likely N-dealkylation sites (tertiary alicyclic amines) is 1. The van der Waals surface area contributed by atoms with Crippen LogP contribution >= 0.6 is 12.4 Å². The maximum absolute atomic E-state index is 12.2. The van der Waals surface area contributed by atoms with Gasteiger partial charge in [-0.25, -0.2) is 0 Å². The van der Waals surface area contributed by atoms with Gasteiger partial charge in [0, 0.05) is 46.3 Å². The number of ether oxygens (including phenoxy) is 2. The molecule has 146 valence electrons. The second-order valence-electron chi connectivity index (χ2n) is 6.06. The van der Waals surface area contributed by atoms with Gasteiger partial charge in [0.2, 0.25) is 11.8 Å². The molecule has 7 nitrogen and oxygen atoms in total. The monoisotopic (exact) mass is 385 g/mol. The molecular formula is C18H28ClN3O4. The maximum Gasteiger partial charge on any atom is 0.225 e. The fourth-order valence-electron chi connectivity index (χ4n) is 2.77. The van der Waals surface area contributed by atoms with E-state index in [9.17, 15) is 9.59 Å². The predicted molar refractivity (Wildman–Crippen MR) is 102 cm³/mol. The number of hydrogen-bond acceptors (Lipinski definition) is 5. The lowest BCUT2D eigenvalue weighted by atomic mass is 10.1. The van der Waals surface area contributed by atoms with Gasteiger partial charge in [0.25, 0.3) is 0 Å². The van der Waals surface area contributed by atoms with Gasteiger partial charge in [0.05, 0.1) is 19.6 Å². The summed E-state index contributed by atoms with van der Waals surface area (Å²) in [5, 5.41) is 6.05. The van der Waals surface area contributed by atoms with Crippen molar-refractivity contribution in [2.45, 2.75) is 13.0 Å². The fraction of sp³-hybridized carbons (Fsp3) is 0.556. The van der Waals surface area contributed by atoms with Gasteiger partial charge in [0.1, 0.15) is 5.75 Å². The number of rotatable bonds is 10. The van der Waals surface area contributed by atoms with E-state index in [0.29, 0.717) is 32.8 Å². The molecule has 1 aliphatic rings. The summed E-state index contributed by atoms with van der Waals surface area (Å²) in [5.74, 6) is 0.478. The van der Waals surface area contributed by atoms with Crippen molar-refractivity contribution >= 4 is 24.2 Å². The van der Waals surface area contributed by atoms with Crippen LogP contribution in [0, 0.1) is 5.92 Å². The molecular weight excluding hydrogens is 358 g/mol. The standard InChI is InChI=1S/C18H27N3O4.ClH/c1-24-10-9-19-7-8-20-18(23)15-11-17(22)21(13-15)12-14-3-5-16(25-2)6-4-14;/h3-6,15,19H,7-13H2,1-2H3,(H,20,23);1H. The molecule has 0 spiro atoms. The first-order valence-corrected chi connectivity index (χ1v) is 8.52.